The number of hydrogen-bond donors (Lipinski definition) is 1. The normalized spacial score (nSPS) is 10.2. The van der Waals surface area contributed by atoms with Crippen LogP contribution in [0, 0.1) is 0 Å². The molecule has 77 valence electrons. The highest BCUT2D eigenvalue weighted by molar-refractivity contribution is 5.91. The van der Waals surface area contributed by atoms with E-state index in [0.717, 1.165) is 5.56 Å². The molecule has 0 unspecified atom stereocenters. The fraction of sp³-hybridized carbons (Fsp3) is 0.0909. The Morgan fingerprint density at radius 1 is 1.40 bits per heavy atom. The summed E-state index contributed by atoms with van der Waals surface area (Å²) in [4.78, 5) is 21.0. The Bertz CT molecular complexity index is 359. The predicted molar refractivity (Wildman–Crippen MR) is 54.7 cm³/mol. The summed E-state index contributed by atoms with van der Waals surface area (Å²) < 4.78 is 0. The highest BCUT2D eigenvalue weighted by Gasteiger charge is 2.05. The van der Waals surface area contributed by atoms with Crippen LogP contribution in [0.3, 0.4) is 0 Å². The predicted octanol–water partition coefficient (Wildman–Crippen LogP) is 1.03. The van der Waals surface area contributed by atoms with Gasteiger partial charge < -0.3 is 0 Å². The third-order valence-electron chi connectivity index (χ3n) is 1.69. The quantitative estimate of drug-likeness (QED) is 0.452. The Labute approximate surface area is 87.4 Å². The molecule has 1 N–H and O–H groups in total. The molecule has 4 nitrogen and oxygen atoms in total. The van der Waals surface area contributed by atoms with Crippen molar-refractivity contribution in [1.82, 2.24) is 5.06 Å². The number of benzene rings is 1. The van der Waals surface area contributed by atoms with Gasteiger partial charge in [-0.1, -0.05) is 30.3 Å². The molecule has 0 heterocycles. The second kappa shape index (κ2) is 5.72. The highest BCUT2D eigenvalue weighted by Crippen LogP contribution is 2.01. The number of nitrogens with zero attached hydrogens (tertiary/aromatic N) is 1. The van der Waals surface area contributed by atoms with Crippen LogP contribution in [-0.2, 0) is 9.59 Å². The third kappa shape index (κ3) is 3.74. The maximum atomic E-state index is 11.1. The average Bonchev–Trinajstić information content (AvgIpc) is 2.27. The number of carbonyl (C=O) groups is 1. The zero-order valence-electron chi connectivity index (χ0n) is 7.96. The van der Waals surface area contributed by atoms with E-state index in [-0.39, 0.29) is 0 Å². The lowest BCUT2D eigenvalue weighted by Gasteiger charge is -2.06. The Hall–Kier alpha value is -1.94. The summed E-state index contributed by atoms with van der Waals surface area (Å²) >= 11 is 0. The maximum absolute atomic E-state index is 11.1. The van der Waals surface area contributed by atoms with E-state index < -0.39 is 12.5 Å². The minimum Gasteiger partial charge on any atom is -0.289 e. The molecule has 4 heteroatoms. The summed E-state index contributed by atoms with van der Waals surface area (Å²) in [5, 5.41) is 9.26. The van der Waals surface area contributed by atoms with Gasteiger partial charge in [0.15, 0.2) is 0 Å². The van der Waals surface area contributed by atoms with Gasteiger partial charge in [0.25, 0.3) is 5.91 Å². The van der Waals surface area contributed by atoms with Crippen molar-refractivity contribution in [2.24, 2.45) is 0 Å². The molecule has 1 rings (SSSR count). The number of carbonyl (C=O) groups excluding carboxylic acids is 2. The summed E-state index contributed by atoms with van der Waals surface area (Å²) in [5.41, 5.74) is 0.842. The lowest BCUT2D eigenvalue weighted by molar-refractivity contribution is -0.155. The molecule has 1 aromatic carbocycles. The largest absolute Gasteiger partial charge is 0.289 e. The van der Waals surface area contributed by atoms with Gasteiger partial charge in [0.05, 0.1) is 0 Å². The van der Waals surface area contributed by atoms with Gasteiger partial charge >= 0.3 is 0 Å². The standard InChI is InChI=1S/C11H10NO3/c13-9-8-12(15)11(14)7-6-10-4-2-1-3-5-10/h1-7,15H,8H2/b7-6+. The van der Waals surface area contributed by atoms with Gasteiger partial charge in [0.1, 0.15) is 6.54 Å². The number of hydroxylamine groups is 2. The van der Waals surface area contributed by atoms with Gasteiger partial charge in [-0.25, -0.2) is 5.06 Å². The molecule has 1 radical (unpaired) electrons. The van der Waals surface area contributed by atoms with Crippen LogP contribution < -0.4 is 0 Å². The van der Waals surface area contributed by atoms with E-state index in [0.29, 0.717) is 5.06 Å². The first-order valence-electron chi connectivity index (χ1n) is 4.32. The minimum atomic E-state index is -0.651. The van der Waals surface area contributed by atoms with Gasteiger partial charge in [-0.2, -0.15) is 0 Å². The highest BCUT2D eigenvalue weighted by atomic mass is 16.5. The van der Waals surface area contributed by atoms with E-state index in [1.807, 2.05) is 30.3 Å². The van der Waals surface area contributed by atoms with E-state index >= 15 is 0 Å². The fourth-order valence-electron chi connectivity index (χ4n) is 0.957. The molecule has 0 aliphatic rings. The first kappa shape index (κ1) is 11.1. The first-order chi connectivity index (χ1) is 7.24. The summed E-state index contributed by atoms with van der Waals surface area (Å²) in [5.74, 6) is -0.651. The van der Waals surface area contributed by atoms with Crippen molar-refractivity contribution in [1.29, 1.82) is 0 Å². The Kier molecular flexibility index (Phi) is 4.25. The van der Waals surface area contributed by atoms with Crippen molar-refractivity contribution < 1.29 is 14.8 Å². The molecule has 1 amide bonds. The molecular formula is C11H10NO3. The van der Waals surface area contributed by atoms with Crippen LogP contribution in [0.25, 0.3) is 6.08 Å². The summed E-state index contributed by atoms with van der Waals surface area (Å²) in [7, 11) is 0. The summed E-state index contributed by atoms with van der Waals surface area (Å²) in [6.45, 7) is -0.446. The maximum Gasteiger partial charge on any atom is 0.270 e. The van der Waals surface area contributed by atoms with Gasteiger partial charge in [0, 0.05) is 6.08 Å². The van der Waals surface area contributed by atoms with Gasteiger partial charge in [-0.3, -0.25) is 14.8 Å². The fourth-order valence-corrected chi connectivity index (χ4v) is 0.957. The lowest BCUT2D eigenvalue weighted by Crippen LogP contribution is -2.27. The monoisotopic (exact) mass is 204 g/mol. The van der Waals surface area contributed by atoms with Crippen molar-refractivity contribution in [3.8, 4) is 0 Å². The topological polar surface area (TPSA) is 57.6 Å². The molecule has 1 aromatic rings. The molecule has 0 saturated heterocycles. The van der Waals surface area contributed by atoms with Gasteiger partial charge in [-0.05, 0) is 11.6 Å². The van der Waals surface area contributed by atoms with Gasteiger partial charge in [-0.15, -0.1) is 0 Å². The third-order valence-corrected chi connectivity index (χ3v) is 1.69. The van der Waals surface area contributed by atoms with Crippen LogP contribution in [0.2, 0.25) is 0 Å². The molecule has 0 aliphatic carbocycles. The smallest absolute Gasteiger partial charge is 0.270 e. The van der Waals surface area contributed by atoms with E-state index in [9.17, 15) is 9.59 Å². The second-order valence-electron chi connectivity index (χ2n) is 2.78. The van der Waals surface area contributed by atoms with Crippen LogP contribution in [0.1, 0.15) is 5.56 Å². The van der Waals surface area contributed by atoms with Crippen LogP contribution in [-0.4, -0.2) is 29.0 Å². The molecule has 0 spiro atoms. The molecule has 0 aliphatic heterocycles. The number of amides is 1. The zero-order chi connectivity index (χ0) is 11.1. The molecule has 0 saturated carbocycles. The van der Waals surface area contributed by atoms with Crippen molar-refractivity contribution in [2.75, 3.05) is 6.54 Å². The van der Waals surface area contributed by atoms with E-state index in [4.69, 9.17) is 5.21 Å². The van der Waals surface area contributed by atoms with Gasteiger partial charge in [0.2, 0.25) is 6.29 Å². The molecule has 0 aromatic heterocycles. The minimum absolute atomic E-state index is 0.298. The Balaban J connectivity index is 2.58. The van der Waals surface area contributed by atoms with E-state index in [2.05, 4.69) is 0 Å². The molecular weight excluding hydrogens is 194 g/mol. The van der Waals surface area contributed by atoms with Crippen LogP contribution >= 0.6 is 0 Å². The van der Waals surface area contributed by atoms with Crippen molar-refractivity contribution in [3.05, 3.63) is 42.0 Å². The molecule has 15 heavy (non-hydrogen) atoms. The average molecular weight is 204 g/mol. The first-order valence-corrected chi connectivity index (χ1v) is 4.32. The zero-order valence-corrected chi connectivity index (χ0v) is 7.96. The van der Waals surface area contributed by atoms with Crippen LogP contribution in [0.4, 0.5) is 0 Å². The van der Waals surface area contributed by atoms with Crippen molar-refractivity contribution in [3.63, 3.8) is 0 Å². The SMILES string of the molecule is O=[C]CN(O)C(=O)/C=C/c1ccccc1. The van der Waals surface area contributed by atoms with Crippen molar-refractivity contribution in [2.45, 2.75) is 0 Å². The molecule has 0 bridgehead atoms. The Morgan fingerprint density at radius 3 is 2.67 bits per heavy atom. The Morgan fingerprint density at radius 2 is 2.07 bits per heavy atom. The second-order valence-corrected chi connectivity index (χ2v) is 2.78. The number of rotatable bonds is 4. The van der Waals surface area contributed by atoms with E-state index in [1.165, 1.54) is 12.4 Å². The summed E-state index contributed by atoms with van der Waals surface area (Å²) in [6.07, 6.45) is 4.16. The summed E-state index contributed by atoms with van der Waals surface area (Å²) in [6, 6.07) is 9.16. The van der Waals surface area contributed by atoms with Crippen molar-refractivity contribution >= 4 is 18.3 Å². The van der Waals surface area contributed by atoms with E-state index in [1.54, 1.807) is 6.08 Å². The molecule has 0 atom stereocenters. The lowest BCUT2D eigenvalue weighted by atomic mass is 10.2. The van der Waals surface area contributed by atoms with Crippen LogP contribution in [0.15, 0.2) is 36.4 Å². The molecule has 0 fully saturated rings. The van der Waals surface area contributed by atoms with Crippen LogP contribution in [0.5, 0.6) is 0 Å². The number of hydrogen-bond acceptors (Lipinski definition) is 3.